The number of aromatic amines is 1. The van der Waals surface area contributed by atoms with Gasteiger partial charge in [0.1, 0.15) is 11.5 Å². The van der Waals surface area contributed by atoms with E-state index in [1.54, 1.807) is 6.20 Å². The summed E-state index contributed by atoms with van der Waals surface area (Å²) in [6, 6.07) is 11.9. The second-order valence-corrected chi connectivity index (χ2v) is 10.9. The van der Waals surface area contributed by atoms with E-state index in [1.807, 2.05) is 42.7 Å². The maximum atomic E-state index is 6.50. The van der Waals surface area contributed by atoms with Gasteiger partial charge in [0.2, 0.25) is 0 Å². The Balaban J connectivity index is 1.41. The average molecular weight is 510 g/mol. The van der Waals surface area contributed by atoms with Crippen LogP contribution >= 0.6 is 11.6 Å². The Labute approximate surface area is 220 Å². The first-order valence-corrected chi connectivity index (χ1v) is 13.3. The van der Waals surface area contributed by atoms with Crippen LogP contribution in [-0.2, 0) is 0 Å². The fourth-order valence-corrected chi connectivity index (χ4v) is 5.70. The molecule has 7 nitrogen and oxygen atoms in total. The van der Waals surface area contributed by atoms with Gasteiger partial charge < -0.3 is 15.6 Å². The highest BCUT2D eigenvalue weighted by molar-refractivity contribution is 6.33. The quantitative estimate of drug-likeness (QED) is 0.257. The first-order valence-electron chi connectivity index (χ1n) is 13.0. The van der Waals surface area contributed by atoms with Crippen molar-refractivity contribution < 1.29 is 0 Å². The van der Waals surface area contributed by atoms with Crippen LogP contribution < -0.4 is 10.6 Å². The topological polar surface area (TPSA) is 91.4 Å². The average Bonchev–Trinajstić information content (AvgIpc) is 3.66. The molecule has 0 atom stereocenters. The van der Waals surface area contributed by atoms with Crippen LogP contribution in [0.2, 0.25) is 5.02 Å². The lowest BCUT2D eigenvalue weighted by molar-refractivity contribution is 0.364. The Bertz CT molecular complexity index is 1630. The largest absolute Gasteiger partial charge is 0.364 e. The van der Waals surface area contributed by atoms with E-state index in [-0.39, 0.29) is 5.54 Å². The number of pyridine rings is 2. The maximum absolute atomic E-state index is 6.50. The zero-order valence-electron chi connectivity index (χ0n) is 20.7. The Morgan fingerprint density at radius 3 is 2.68 bits per heavy atom. The molecule has 3 N–H and O–H groups in total. The van der Waals surface area contributed by atoms with Gasteiger partial charge in [0.25, 0.3) is 0 Å². The summed E-state index contributed by atoms with van der Waals surface area (Å²) in [5, 5.41) is 10.1. The first-order chi connectivity index (χ1) is 18.1. The summed E-state index contributed by atoms with van der Waals surface area (Å²) in [6.07, 6.45) is 10.1. The third kappa shape index (κ3) is 4.12. The van der Waals surface area contributed by atoms with Crippen LogP contribution in [0.4, 0.5) is 5.82 Å². The van der Waals surface area contributed by atoms with E-state index < -0.39 is 0 Å². The monoisotopic (exact) mass is 509 g/mol. The van der Waals surface area contributed by atoms with Crippen LogP contribution in [0.5, 0.6) is 0 Å². The normalized spacial score (nSPS) is 17.4. The van der Waals surface area contributed by atoms with Gasteiger partial charge in [-0.1, -0.05) is 29.8 Å². The highest BCUT2D eigenvalue weighted by Crippen LogP contribution is 2.45. The molecule has 1 aromatic carbocycles. The van der Waals surface area contributed by atoms with Crippen molar-refractivity contribution in [3.05, 3.63) is 65.6 Å². The number of fused-ring (bicyclic) bond motifs is 2. The molecule has 1 aliphatic carbocycles. The molecule has 5 heterocycles. The number of piperidine rings is 1. The molecule has 0 spiro atoms. The van der Waals surface area contributed by atoms with Gasteiger partial charge in [0, 0.05) is 50.5 Å². The smallest absolute Gasteiger partial charge is 0.163 e. The fraction of sp³-hybridized carbons (Fsp3) is 0.310. The molecule has 37 heavy (non-hydrogen) atoms. The van der Waals surface area contributed by atoms with Gasteiger partial charge >= 0.3 is 0 Å². The zero-order valence-corrected chi connectivity index (χ0v) is 21.4. The third-order valence-electron chi connectivity index (χ3n) is 7.72. The summed E-state index contributed by atoms with van der Waals surface area (Å²) < 4.78 is 0. The highest BCUT2D eigenvalue weighted by Gasteiger charge is 2.31. The Kier molecular flexibility index (Phi) is 5.37. The highest BCUT2D eigenvalue weighted by atomic mass is 35.5. The molecule has 0 amide bonds. The minimum atomic E-state index is -0.0349. The van der Waals surface area contributed by atoms with Crippen LogP contribution in [0.1, 0.15) is 44.1 Å². The van der Waals surface area contributed by atoms with E-state index in [0.717, 1.165) is 70.5 Å². The Morgan fingerprint density at radius 2 is 1.86 bits per heavy atom. The molecule has 0 unspecified atom stereocenters. The number of H-pyrrole nitrogens is 1. The molecule has 7 rings (SSSR count). The van der Waals surface area contributed by atoms with Crippen molar-refractivity contribution in [1.29, 1.82) is 0 Å². The van der Waals surface area contributed by atoms with Crippen LogP contribution in [0.3, 0.4) is 0 Å². The molecule has 2 fully saturated rings. The van der Waals surface area contributed by atoms with Crippen molar-refractivity contribution in [2.75, 3.05) is 18.4 Å². The number of hydrogen-bond donors (Lipinski definition) is 3. The molecular formula is C29H28ClN7. The van der Waals surface area contributed by atoms with Crippen LogP contribution in [-0.4, -0.2) is 43.5 Å². The van der Waals surface area contributed by atoms with Crippen molar-refractivity contribution in [1.82, 2.24) is 30.2 Å². The molecule has 1 aliphatic heterocycles. The molecule has 0 radical (unpaired) electrons. The molecule has 5 aromatic rings. The SMILES string of the molecule is CC1(Nc2nc(-c3ccnc4[nH]c(-c5ccccc5Cl)cc34)nc3cncc(C4CC4)c23)CCNCC1. The third-order valence-corrected chi connectivity index (χ3v) is 8.05. The minimum Gasteiger partial charge on any atom is -0.364 e. The predicted molar refractivity (Wildman–Crippen MR) is 149 cm³/mol. The molecule has 4 aromatic heterocycles. The molecule has 1 saturated heterocycles. The maximum Gasteiger partial charge on any atom is 0.163 e. The van der Waals surface area contributed by atoms with Crippen molar-refractivity contribution in [3.8, 4) is 22.6 Å². The molecule has 0 bridgehead atoms. The van der Waals surface area contributed by atoms with Gasteiger partial charge in [-0.2, -0.15) is 0 Å². The van der Waals surface area contributed by atoms with Crippen LogP contribution in [0.25, 0.3) is 44.6 Å². The molecule has 2 aliphatic rings. The fourth-order valence-electron chi connectivity index (χ4n) is 5.46. The number of halogens is 1. The van der Waals surface area contributed by atoms with Gasteiger partial charge in [-0.05, 0) is 75.4 Å². The van der Waals surface area contributed by atoms with E-state index in [9.17, 15) is 0 Å². The standard InChI is InChI=1S/C29H28ClN7/c1-29(9-12-31-13-10-29)37-28-25-21(17-6-7-17)15-32-16-24(25)35-27(36-28)18-8-11-33-26-20(18)14-23(34-26)19-4-2-3-5-22(19)30/h2-5,8,11,14-17,31H,6-7,9-10,12-13H2,1H3,(H,33,34)(H,35,36,37). The van der Waals surface area contributed by atoms with Crippen LogP contribution in [0, 0.1) is 0 Å². The van der Waals surface area contributed by atoms with Gasteiger partial charge in [-0.3, -0.25) is 4.98 Å². The number of hydrogen-bond acceptors (Lipinski definition) is 6. The number of nitrogens with one attached hydrogen (secondary N) is 3. The van der Waals surface area contributed by atoms with E-state index in [2.05, 4.69) is 38.6 Å². The number of nitrogens with zero attached hydrogens (tertiary/aromatic N) is 4. The van der Waals surface area contributed by atoms with Crippen LogP contribution in [0.15, 0.2) is 55.0 Å². The second-order valence-electron chi connectivity index (χ2n) is 10.5. The second kappa shape index (κ2) is 8.78. The Morgan fingerprint density at radius 1 is 1.03 bits per heavy atom. The molecule has 8 heteroatoms. The lowest BCUT2D eigenvalue weighted by Gasteiger charge is -2.36. The molecule has 186 valence electrons. The van der Waals surface area contributed by atoms with E-state index in [1.165, 1.54) is 18.4 Å². The minimum absolute atomic E-state index is 0.0349. The zero-order chi connectivity index (χ0) is 25.0. The molecular weight excluding hydrogens is 482 g/mol. The van der Waals surface area contributed by atoms with Crippen molar-refractivity contribution in [3.63, 3.8) is 0 Å². The summed E-state index contributed by atoms with van der Waals surface area (Å²) in [4.78, 5) is 22.8. The van der Waals surface area contributed by atoms with Gasteiger partial charge in [0.05, 0.1) is 11.7 Å². The summed E-state index contributed by atoms with van der Waals surface area (Å²) >= 11 is 6.50. The number of anilines is 1. The predicted octanol–water partition coefficient (Wildman–Crippen LogP) is 6.32. The summed E-state index contributed by atoms with van der Waals surface area (Å²) in [7, 11) is 0. The van der Waals surface area contributed by atoms with Gasteiger partial charge in [-0.15, -0.1) is 0 Å². The number of aromatic nitrogens is 5. The molecule has 1 saturated carbocycles. The van der Waals surface area contributed by atoms with E-state index in [0.29, 0.717) is 16.8 Å². The van der Waals surface area contributed by atoms with Gasteiger partial charge in [0.15, 0.2) is 5.82 Å². The van der Waals surface area contributed by atoms with E-state index in [4.69, 9.17) is 21.6 Å². The van der Waals surface area contributed by atoms with Gasteiger partial charge in [-0.25, -0.2) is 15.0 Å². The summed E-state index contributed by atoms with van der Waals surface area (Å²) in [5.74, 6) is 2.11. The Hall–Kier alpha value is -3.55. The van der Waals surface area contributed by atoms with Crippen molar-refractivity contribution in [2.45, 2.75) is 44.1 Å². The number of benzene rings is 1. The first kappa shape index (κ1) is 22.6. The number of rotatable bonds is 5. The summed E-state index contributed by atoms with van der Waals surface area (Å²) in [5.41, 5.74) is 5.66. The van der Waals surface area contributed by atoms with E-state index >= 15 is 0 Å². The summed E-state index contributed by atoms with van der Waals surface area (Å²) in [6.45, 7) is 4.29. The lowest BCUT2D eigenvalue weighted by atomic mass is 9.90. The lowest BCUT2D eigenvalue weighted by Crippen LogP contribution is -2.45. The van der Waals surface area contributed by atoms with Crippen molar-refractivity contribution in [2.24, 2.45) is 0 Å². The van der Waals surface area contributed by atoms with Crippen molar-refractivity contribution >= 4 is 39.4 Å².